The molecule has 0 aromatic heterocycles. The molecule has 4 nitrogen and oxygen atoms in total. The molecule has 142 valence electrons. The molecule has 1 heterocycles. The first-order chi connectivity index (χ1) is 12.7. The van der Waals surface area contributed by atoms with Crippen molar-refractivity contribution >= 4 is 23.3 Å². The lowest BCUT2D eigenvalue weighted by Gasteiger charge is -2.49. The lowest BCUT2D eigenvalue weighted by molar-refractivity contribution is -0.153. The number of nitrogens with zero attached hydrogens (tertiary/aromatic N) is 1. The van der Waals surface area contributed by atoms with Crippen LogP contribution in [0.3, 0.4) is 0 Å². The predicted molar refractivity (Wildman–Crippen MR) is 107 cm³/mol. The molecule has 0 aliphatic carbocycles. The zero-order valence-corrected chi connectivity index (χ0v) is 16.9. The highest BCUT2D eigenvalue weighted by molar-refractivity contribution is 6.05. The Morgan fingerprint density at radius 1 is 0.963 bits per heavy atom. The van der Waals surface area contributed by atoms with Crippen molar-refractivity contribution in [1.82, 2.24) is 0 Å². The first kappa shape index (κ1) is 19.2. The number of hydrogen-bond acceptors (Lipinski definition) is 3. The lowest BCUT2D eigenvalue weighted by Crippen LogP contribution is -2.50. The zero-order valence-electron chi connectivity index (χ0n) is 16.9. The maximum atomic E-state index is 13.1. The molecular formula is C23H27NO3. The van der Waals surface area contributed by atoms with E-state index in [-0.39, 0.29) is 17.8 Å². The third-order valence-corrected chi connectivity index (χ3v) is 6.03. The second-order valence-corrected chi connectivity index (χ2v) is 8.10. The third kappa shape index (κ3) is 2.58. The van der Waals surface area contributed by atoms with Crippen molar-refractivity contribution in [2.75, 3.05) is 12.0 Å². The molecule has 2 aromatic rings. The summed E-state index contributed by atoms with van der Waals surface area (Å²) in [5.74, 6) is -0.393. The average Bonchev–Trinajstić information content (AvgIpc) is 2.67. The summed E-state index contributed by atoms with van der Waals surface area (Å²) in [5.41, 5.74) is 2.08. The van der Waals surface area contributed by atoms with E-state index in [4.69, 9.17) is 4.74 Å². The second kappa shape index (κ2) is 6.52. The van der Waals surface area contributed by atoms with Gasteiger partial charge in [-0.2, -0.15) is 0 Å². The maximum Gasteiger partial charge on any atom is 0.312 e. The van der Waals surface area contributed by atoms with Crippen LogP contribution in [0.15, 0.2) is 48.5 Å². The Morgan fingerprint density at radius 2 is 1.41 bits per heavy atom. The van der Waals surface area contributed by atoms with Gasteiger partial charge >= 0.3 is 5.97 Å². The molecule has 1 aliphatic heterocycles. The Balaban J connectivity index is 2.39. The van der Waals surface area contributed by atoms with Crippen LogP contribution in [0.5, 0.6) is 0 Å². The fourth-order valence-corrected chi connectivity index (χ4v) is 4.09. The SMILES string of the molecule is COC(=O)C(C)(C)C1(C)c2ccccc2N(C(=O)C(C)C)c2ccccc21. The van der Waals surface area contributed by atoms with Gasteiger partial charge in [-0.05, 0) is 37.1 Å². The number of carbonyl (C=O) groups excluding carboxylic acids is 2. The molecule has 0 N–H and O–H groups in total. The number of methoxy groups -OCH3 is 1. The van der Waals surface area contributed by atoms with Crippen LogP contribution in [0.2, 0.25) is 0 Å². The van der Waals surface area contributed by atoms with Gasteiger partial charge in [0.25, 0.3) is 0 Å². The summed E-state index contributed by atoms with van der Waals surface area (Å²) in [6, 6.07) is 15.7. The number of rotatable bonds is 3. The van der Waals surface area contributed by atoms with E-state index in [2.05, 4.69) is 6.92 Å². The van der Waals surface area contributed by atoms with Gasteiger partial charge in [-0.1, -0.05) is 57.2 Å². The number of hydrogen-bond donors (Lipinski definition) is 0. The van der Waals surface area contributed by atoms with Crippen molar-refractivity contribution in [2.45, 2.75) is 40.0 Å². The molecular weight excluding hydrogens is 338 g/mol. The van der Waals surface area contributed by atoms with Crippen LogP contribution in [0.4, 0.5) is 11.4 Å². The number of ether oxygens (including phenoxy) is 1. The Labute approximate surface area is 161 Å². The monoisotopic (exact) mass is 365 g/mol. The number of anilines is 2. The van der Waals surface area contributed by atoms with Crippen LogP contribution in [0, 0.1) is 11.3 Å². The average molecular weight is 365 g/mol. The van der Waals surface area contributed by atoms with Crippen molar-refractivity contribution in [1.29, 1.82) is 0 Å². The van der Waals surface area contributed by atoms with Crippen molar-refractivity contribution in [3.63, 3.8) is 0 Å². The van der Waals surface area contributed by atoms with Gasteiger partial charge < -0.3 is 4.74 Å². The minimum Gasteiger partial charge on any atom is -0.469 e. The number of esters is 1. The molecule has 0 bridgehead atoms. The summed E-state index contributed by atoms with van der Waals surface area (Å²) < 4.78 is 5.16. The highest BCUT2D eigenvalue weighted by atomic mass is 16.5. The molecule has 0 spiro atoms. The van der Waals surface area contributed by atoms with Crippen LogP contribution in [-0.4, -0.2) is 19.0 Å². The van der Waals surface area contributed by atoms with Gasteiger partial charge in [0.2, 0.25) is 5.91 Å². The molecule has 4 heteroatoms. The summed E-state index contributed by atoms with van der Waals surface area (Å²) in [6.45, 7) is 9.69. The van der Waals surface area contributed by atoms with Gasteiger partial charge in [0.05, 0.1) is 23.9 Å². The highest BCUT2D eigenvalue weighted by Gasteiger charge is 2.54. The molecule has 2 aromatic carbocycles. The van der Waals surface area contributed by atoms with E-state index < -0.39 is 10.8 Å². The lowest BCUT2D eigenvalue weighted by atomic mass is 9.57. The number of carbonyl (C=O) groups is 2. The summed E-state index contributed by atoms with van der Waals surface area (Å²) in [7, 11) is 1.42. The Morgan fingerprint density at radius 3 is 1.81 bits per heavy atom. The fraction of sp³-hybridized carbons (Fsp3) is 0.391. The molecule has 1 amide bonds. The molecule has 3 rings (SSSR count). The van der Waals surface area contributed by atoms with Gasteiger partial charge in [-0.25, -0.2) is 0 Å². The Kier molecular flexibility index (Phi) is 4.62. The van der Waals surface area contributed by atoms with Gasteiger partial charge in [0.15, 0.2) is 0 Å². The normalized spacial score (nSPS) is 15.1. The van der Waals surface area contributed by atoms with Gasteiger partial charge in [-0.3, -0.25) is 14.5 Å². The molecule has 0 fully saturated rings. The summed E-state index contributed by atoms with van der Waals surface area (Å²) in [5, 5.41) is 0. The van der Waals surface area contributed by atoms with Gasteiger partial charge in [0, 0.05) is 11.3 Å². The van der Waals surface area contributed by atoms with Crippen molar-refractivity contribution in [3.8, 4) is 0 Å². The van der Waals surface area contributed by atoms with E-state index in [1.54, 1.807) is 4.90 Å². The third-order valence-electron chi connectivity index (χ3n) is 6.03. The highest BCUT2D eigenvalue weighted by Crippen LogP contribution is 2.57. The molecule has 0 unspecified atom stereocenters. The number of benzene rings is 2. The molecule has 0 saturated carbocycles. The molecule has 27 heavy (non-hydrogen) atoms. The first-order valence-corrected chi connectivity index (χ1v) is 9.29. The quantitative estimate of drug-likeness (QED) is 0.732. The molecule has 0 atom stereocenters. The maximum absolute atomic E-state index is 13.1. The van der Waals surface area contributed by atoms with Crippen LogP contribution < -0.4 is 4.90 Å². The van der Waals surface area contributed by atoms with E-state index in [0.717, 1.165) is 22.5 Å². The van der Waals surface area contributed by atoms with Crippen molar-refractivity contribution < 1.29 is 14.3 Å². The molecule has 0 radical (unpaired) electrons. The Bertz CT molecular complexity index is 851. The van der Waals surface area contributed by atoms with Crippen molar-refractivity contribution in [2.24, 2.45) is 11.3 Å². The molecule has 1 aliphatic rings. The largest absolute Gasteiger partial charge is 0.469 e. The van der Waals surface area contributed by atoms with Gasteiger partial charge in [-0.15, -0.1) is 0 Å². The van der Waals surface area contributed by atoms with Crippen molar-refractivity contribution in [3.05, 3.63) is 59.7 Å². The van der Waals surface area contributed by atoms with E-state index in [1.807, 2.05) is 76.2 Å². The zero-order chi connectivity index (χ0) is 20.0. The topological polar surface area (TPSA) is 46.6 Å². The standard InChI is InChI=1S/C23H27NO3/c1-15(2)20(25)24-18-13-9-7-11-16(18)23(5,22(3,4)21(26)27-6)17-12-8-10-14-19(17)24/h7-15H,1-6H3. The predicted octanol–water partition coefficient (Wildman–Crippen LogP) is 4.83. The minimum atomic E-state index is -0.832. The van der Waals surface area contributed by atoms with E-state index in [9.17, 15) is 9.59 Å². The van der Waals surface area contributed by atoms with Gasteiger partial charge in [0.1, 0.15) is 0 Å². The second-order valence-electron chi connectivity index (χ2n) is 8.10. The summed E-state index contributed by atoms with van der Waals surface area (Å²) >= 11 is 0. The van der Waals surface area contributed by atoms with E-state index in [0.29, 0.717) is 0 Å². The molecule has 0 saturated heterocycles. The van der Waals surface area contributed by atoms with Crippen LogP contribution in [-0.2, 0) is 19.7 Å². The first-order valence-electron chi connectivity index (χ1n) is 9.29. The van der Waals surface area contributed by atoms with Crippen LogP contribution in [0.1, 0.15) is 45.7 Å². The minimum absolute atomic E-state index is 0.0350. The summed E-state index contributed by atoms with van der Waals surface area (Å²) in [6.07, 6.45) is 0. The van der Waals surface area contributed by atoms with E-state index in [1.165, 1.54) is 7.11 Å². The number of para-hydroxylation sites is 2. The van der Waals surface area contributed by atoms with Crippen LogP contribution in [0.25, 0.3) is 0 Å². The van der Waals surface area contributed by atoms with E-state index >= 15 is 0 Å². The Hall–Kier alpha value is -2.62. The smallest absolute Gasteiger partial charge is 0.312 e. The fourth-order valence-electron chi connectivity index (χ4n) is 4.09. The number of fused-ring (bicyclic) bond motifs is 2. The number of amides is 1. The van der Waals surface area contributed by atoms with Crippen LogP contribution >= 0.6 is 0 Å². The summed E-state index contributed by atoms with van der Waals surface area (Å²) in [4.78, 5) is 27.7.